The van der Waals surface area contributed by atoms with Gasteiger partial charge in [0.15, 0.2) is 0 Å². The first-order chi connectivity index (χ1) is 8.44. The molecule has 1 N–H and O–H groups in total. The highest BCUT2D eigenvalue weighted by atomic mass is 79.9. The summed E-state index contributed by atoms with van der Waals surface area (Å²) in [5.41, 5.74) is 0.961. The number of anilines is 1. The van der Waals surface area contributed by atoms with E-state index in [-0.39, 0.29) is 0 Å². The van der Waals surface area contributed by atoms with Crippen LogP contribution in [-0.4, -0.2) is 28.1 Å². The van der Waals surface area contributed by atoms with Crippen LogP contribution in [0.1, 0.15) is 19.8 Å². The average Bonchev–Trinajstić information content (AvgIpc) is 2.74. The Bertz CT molecular complexity index is 545. The van der Waals surface area contributed by atoms with E-state index in [2.05, 4.69) is 32.5 Å². The number of halogens is 1. The van der Waals surface area contributed by atoms with Crippen LogP contribution >= 0.6 is 15.9 Å². The van der Waals surface area contributed by atoms with Gasteiger partial charge in [-0.3, -0.25) is 0 Å². The number of benzene rings is 1. The summed E-state index contributed by atoms with van der Waals surface area (Å²) in [6.45, 7) is 3.15. The molecule has 18 heavy (non-hydrogen) atoms. The highest BCUT2D eigenvalue weighted by molar-refractivity contribution is 9.10. The van der Waals surface area contributed by atoms with Crippen LogP contribution in [0.25, 0.3) is 0 Å². The zero-order chi connectivity index (χ0) is 13.3. The summed E-state index contributed by atoms with van der Waals surface area (Å²) in [4.78, 5) is 2.55. The summed E-state index contributed by atoms with van der Waals surface area (Å²) in [5.74, 6) is 0. The van der Waals surface area contributed by atoms with Gasteiger partial charge < -0.3 is 4.90 Å². The SMILES string of the molecule is CNS(=O)(=O)c1cc(Br)cc(N2CCC[C@H]2C)c1. The van der Waals surface area contributed by atoms with E-state index in [1.807, 2.05) is 6.07 Å². The summed E-state index contributed by atoms with van der Waals surface area (Å²) in [6.07, 6.45) is 2.31. The molecule has 0 bridgehead atoms. The van der Waals surface area contributed by atoms with Crippen molar-refractivity contribution >= 4 is 31.6 Å². The molecule has 1 aromatic rings. The smallest absolute Gasteiger partial charge is 0.240 e. The van der Waals surface area contributed by atoms with E-state index < -0.39 is 10.0 Å². The monoisotopic (exact) mass is 332 g/mol. The lowest BCUT2D eigenvalue weighted by atomic mass is 10.2. The van der Waals surface area contributed by atoms with Crippen molar-refractivity contribution in [2.75, 3.05) is 18.5 Å². The predicted molar refractivity (Wildman–Crippen MR) is 76.4 cm³/mol. The van der Waals surface area contributed by atoms with Crippen LogP contribution in [0.3, 0.4) is 0 Å². The first kappa shape index (κ1) is 13.8. The zero-order valence-electron chi connectivity index (χ0n) is 10.5. The molecular formula is C12H17BrN2O2S. The van der Waals surface area contributed by atoms with Gasteiger partial charge >= 0.3 is 0 Å². The van der Waals surface area contributed by atoms with Crippen molar-refractivity contribution < 1.29 is 8.42 Å². The molecule has 2 rings (SSSR count). The van der Waals surface area contributed by atoms with Gasteiger partial charge in [0.2, 0.25) is 10.0 Å². The summed E-state index contributed by atoms with van der Waals surface area (Å²) in [7, 11) is -1.97. The third-order valence-electron chi connectivity index (χ3n) is 3.32. The lowest BCUT2D eigenvalue weighted by Crippen LogP contribution is -2.27. The van der Waals surface area contributed by atoms with Crippen molar-refractivity contribution in [1.29, 1.82) is 0 Å². The molecule has 1 fully saturated rings. The average molecular weight is 333 g/mol. The van der Waals surface area contributed by atoms with Gasteiger partial charge in [-0.1, -0.05) is 15.9 Å². The third-order valence-corrected chi connectivity index (χ3v) is 5.17. The Morgan fingerprint density at radius 2 is 2.11 bits per heavy atom. The maximum atomic E-state index is 11.9. The number of hydrogen-bond acceptors (Lipinski definition) is 3. The van der Waals surface area contributed by atoms with E-state index in [0.29, 0.717) is 10.9 Å². The molecule has 0 aliphatic carbocycles. The summed E-state index contributed by atoms with van der Waals surface area (Å²) < 4.78 is 26.8. The number of sulfonamides is 1. The molecule has 1 atom stereocenters. The number of rotatable bonds is 3. The summed E-state index contributed by atoms with van der Waals surface area (Å²) in [6, 6.07) is 5.79. The quantitative estimate of drug-likeness (QED) is 0.924. The van der Waals surface area contributed by atoms with Crippen LogP contribution in [0.2, 0.25) is 0 Å². The minimum atomic E-state index is -3.40. The minimum absolute atomic E-state index is 0.300. The number of nitrogens with zero attached hydrogens (tertiary/aromatic N) is 1. The molecule has 1 aromatic carbocycles. The molecule has 1 heterocycles. The predicted octanol–water partition coefficient (Wildman–Crippen LogP) is 2.35. The van der Waals surface area contributed by atoms with Crippen molar-refractivity contribution in [2.45, 2.75) is 30.7 Å². The molecule has 0 saturated carbocycles. The Kier molecular flexibility index (Phi) is 3.99. The van der Waals surface area contributed by atoms with Crippen LogP contribution in [0, 0.1) is 0 Å². The molecule has 4 nitrogen and oxygen atoms in total. The molecule has 0 radical (unpaired) electrons. The fourth-order valence-corrected chi connectivity index (χ4v) is 3.73. The topological polar surface area (TPSA) is 49.4 Å². The van der Waals surface area contributed by atoms with Crippen LogP contribution in [0.4, 0.5) is 5.69 Å². The normalized spacial score (nSPS) is 20.4. The second-order valence-electron chi connectivity index (χ2n) is 4.54. The Hall–Kier alpha value is -0.590. The van der Waals surface area contributed by atoms with E-state index in [1.54, 1.807) is 12.1 Å². The second kappa shape index (κ2) is 5.19. The van der Waals surface area contributed by atoms with E-state index in [4.69, 9.17) is 0 Å². The lowest BCUT2D eigenvalue weighted by molar-refractivity contribution is 0.588. The molecule has 1 saturated heterocycles. The van der Waals surface area contributed by atoms with Crippen LogP contribution < -0.4 is 9.62 Å². The van der Waals surface area contributed by atoms with Gasteiger partial charge in [-0.25, -0.2) is 13.1 Å². The Balaban J connectivity index is 2.44. The first-order valence-corrected chi connectivity index (χ1v) is 8.22. The highest BCUT2D eigenvalue weighted by Crippen LogP contribution is 2.30. The van der Waals surface area contributed by atoms with Crippen molar-refractivity contribution in [1.82, 2.24) is 4.72 Å². The van der Waals surface area contributed by atoms with E-state index in [9.17, 15) is 8.42 Å². The van der Waals surface area contributed by atoms with Crippen molar-refractivity contribution in [2.24, 2.45) is 0 Å². The highest BCUT2D eigenvalue weighted by Gasteiger charge is 2.22. The van der Waals surface area contributed by atoms with E-state index >= 15 is 0 Å². The minimum Gasteiger partial charge on any atom is -0.369 e. The largest absolute Gasteiger partial charge is 0.369 e. The molecule has 0 amide bonds. The molecule has 1 aliphatic heterocycles. The van der Waals surface area contributed by atoms with Crippen LogP contribution in [0.5, 0.6) is 0 Å². The molecule has 100 valence electrons. The second-order valence-corrected chi connectivity index (χ2v) is 7.34. The Morgan fingerprint density at radius 3 is 2.67 bits per heavy atom. The molecule has 6 heteroatoms. The summed E-state index contributed by atoms with van der Waals surface area (Å²) in [5, 5.41) is 0. The molecule has 0 spiro atoms. The fourth-order valence-electron chi connectivity index (χ4n) is 2.30. The molecular weight excluding hydrogens is 316 g/mol. The van der Waals surface area contributed by atoms with E-state index in [0.717, 1.165) is 29.5 Å². The van der Waals surface area contributed by atoms with Crippen molar-refractivity contribution in [3.05, 3.63) is 22.7 Å². The first-order valence-electron chi connectivity index (χ1n) is 5.95. The zero-order valence-corrected chi connectivity index (χ0v) is 12.9. The third kappa shape index (κ3) is 2.70. The molecule has 0 aromatic heterocycles. The van der Waals surface area contributed by atoms with Crippen LogP contribution in [-0.2, 0) is 10.0 Å². The maximum Gasteiger partial charge on any atom is 0.240 e. The van der Waals surface area contributed by atoms with Gasteiger partial charge in [0.1, 0.15) is 0 Å². The number of nitrogens with one attached hydrogen (secondary N) is 1. The fraction of sp³-hybridized carbons (Fsp3) is 0.500. The van der Waals surface area contributed by atoms with Crippen LogP contribution in [0.15, 0.2) is 27.6 Å². The van der Waals surface area contributed by atoms with Gasteiger partial charge in [0.05, 0.1) is 4.90 Å². The van der Waals surface area contributed by atoms with Gasteiger partial charge in [-0.15, -0.1) is 0 Å². The van der Waals surface area contributed by atoms with Crippen molar-refractivity contribution in [3.63, 3.8) is 0 Å². The van der Waals surface area contributed by atoms with Gasteiger partial charge in [0, 0.05) is 22.7 Å². The molecule has 1 aliphatic rings. The standard InChI is InChI=1S/C12H17BrN2O2S/c1-9-4-3-5-15(9)11-6-10(13)7-12(8-11)18(16,17)14-2/h6-9,14H,3-5H2,1-2H3/t9-/m1/s1. The van der Waals surface area contributed by atoms with Gasteiger partial charge in [-0.05, 0) is 45.0 Å². The lowest BCUT2D eigenvalue weighted by Gasteiger charge is -2.24. The van der Waals surface area contributed by atoms with Gasteiger partial charge in [0.25, 0.3) is 0 Å². The molecule has 0 unspecified atom stereocenters. The van der Waals surface area contributed by atoms with Crippen molar-refractivity contribution in [3.8, 4) is 0 Å². The van der Waals surface area contributed by atoms with E-state index in [1.165, 1.54) is 7.05 Å². The Labute approximate surface area is 117 Å². The number of hydrogen-bond donors (Lipinski definition) is 1. The summed E-state index contributed by atoms with van der Waals surface area (Å²) >= 11 is 3.38. The Morgan fingerprint density at radius 1 is 1.39 bits per heavy atom. The maximum absolute atomic E-state index is 11.9. The van der Waals surface area contributed by atoms with Gasteiger partial charge in [-0.2, -0.15) is 0 Å².